The molecule has 0 radical (unpaired) electrons. The molecule has 1 unspecified atom stereocenters. The maximum Gasteiger partial charge on any atom is 0.227 e. The van der Waals surface area contributed by atoms with E-state index in [1.165, 1.54) is 4.88 Å². The van der Waals surface area contributed by atoms with E-state index >= 15 is 0 Å². The fourth-order valence-electron chi connectivity index (χ4n) is 2.07. The number of amides is 1. The van der Waals surface area contributed by atoms with Crippen molar-refractivity contribution in [2.24, 2.45) is 5.92 Å². The van der Waals surface area contributed by atoms with Crippen LogP contribution in [0.25, 0.3) is 0 Å². The number of rotatable bonds is 6. The van der Waals surface area contributed by atoms with Crippen LogP contribution in [-0.4, -0.2) is 18.1 Å². The van der Waals surface area contributed by atoms with Crippen molar-refractivity contribution in [2.45, 2.75) is 20.0 Å². The quantitative estimate of drug-likeness (QED) is 0.862. The first-order valence-corrected chi connectivity index (χ1v) is 7.63. The van der Waals surface area contributed by atoms with Gasteiger partial charge in [0.1, 0.15) is 5.75 Å². The summed E-state index contributed by atoms with van der Waals surface area (Å²) >= 11 is 1.66. The lowest BCUT2D eigenvalue weighted by molar-refractivity contribution is -0.119. The van der Waals surface area contributed by atoms with E-state index in [4.69, 9.17) is 4.74 Å². The van der Waals surface area contributed by atoms with Gasteiger partial charge in [-0.25, -0.2) is 0 Å². The van der Waals surface area contributed by atoms with E-state index in [1.54, 1.807) is 36.6 Å². The molecule has 1 atom stereocenters. The zero-order valence-corrected chi connectivity index (χ0v) is 12.9. The third-order valence-electron chi connectivity index (χ3n) is 3.25. The molecule has 1 heterocycles. The molecule has 0 fully saturated rings. The van der Waals surface area contributed by atoms with E-state index in [0.29, 0.717) is 17.0 Å². The number of benzene rings is 1. The second-order valence-electron chi connectivity index (χ2n) is 4.86. The lowest BCUT2D eigenvalue weighted by atomic mass is 10.1. The number of nitrogens with one attached hydrogen (secondary N) is 1. The highest BCUT2D eigenvalue weighted by Gasteiger charge is 2.15. The molecule has 0 saturated heterocycles. The fraction of sp³-hybridized carbons (Fsp3) is 0.312. The van der Waals surface area contributed by atoms with Gasteiger partial charge in [0, 0.05) is 22.0 Å². The Morgan fingerprint density at radius 2 is 2.24 bits per heavy atom. The molecule has 0 aliphatic heterocycles. The van der Waals surface area contributed by atoms with Crippen LogP contribution in [0.2, 0.25) is 0 Å². The first-order chi connectivity index (χ1) is 10.1. The Bertz CT molecular complexity index is 596. The number of methoxy groups -OCH3 is 1. The Morgan fingerprint density at radius 3 is 2.86 bits per heavy atom. The van der Waals surface area contributed by atoms with Crippen molar-refractivity contribution in [1.82, 2.24) is 0 Å². The number of aliphatic hydroxyl groups is 1. The average Bonchev–Trinajstić information content (AvgIpc) is 2.99. The molecular formula is C16H19NO3S. The maximum absolute atomic E-state index is 12.2. The van der Waals surface area contributed by atoms with Crippen LogP contribution < -0.4 is 10.1 Å². The summed E-state index contributed by atoms with van der Waals surface area (Å²) in [6.45, 7) is 1.78. The van der Waals surface area contributed by atoms with Crippen LogP contribution in [0.15, 0.2) is 35.7 Å². The number of hydrogen-bond donors (Lipinski definition) is 2. The first kappa shape index (κ1) is 15.5. The first-order valence-electron chi connectivity index (χ1n) is 6.75. The summed E-state index contributed by atoms with van der Waals surface area (Å²) in [5, 5.41) is 14.2. The number of carbonyl (C=O) groups excluding carboxylic acids is 1. The summed E-state index contributed by atoms with van der Waals surface area (Å²) in [6.07, 6.45) is 0.729. The molecule has 1 aromatic carbocycles. The molecule has 0 bridgehead atoms. The lowest BCUT2D eigenvalue weighted by Crippen LogP contribution is -2.22. The standard InChI is InChI=1S/C16H19NO3S/c1-11(8-14-4-3-7-21-14)16(19)17-13-5-6-15(20-2)12(9-13)10-18/h3-7,9,11,18H,8,10H2,1-2H3,(H,17,19). The molecule has 112 valence electrons. The van der Waals surface area contributed by atoms with E-state index in [-0.39, 0.29) is 18.4 Å². The molecule has 2 aromatic rings. The van der Waals surface area contributed by atoms with Crippen LogP contribution in [0, 0.1) is 5.92 Å². The fourth-order valence-corrected chi connectivity index (χ4v) is 2.90. The number of carbonyl (C=O) groups is 1. The average molecular weight is 305 g/mol. The SMILES string of the molecule is COc1ccc(NC(=O)C(C)Cc2cccs2)cc1CO. The zero-order chi connectivity index (χ0) is 15.2. The van der Waals surface area contributed by atoms with Crippen molar-refractivity contribution in [3.8, 4) is 5.75 Å². The van der Waals surface area contributed by atoms with Gasteiger partial charge in [0.25, 0.3) is 0 Å². The van der Waals surface area contributed by atoms with Crippen molar-refractivity contribution in [3.05, 3.63) is 46.2 Å². The Hall–Kier alpha value is -1.85. The number of ether oxygens (including phenoxy) is 1. The normalized spacial score (nSPS) is 12.0. The minimum absolute atomic E-state index is 0.0301. The topological polar surface area (TPSA) is 58.6 Å². The summed E-state index contributed by atoms with van der Waals surface area (Å²) in [4.78, 5) is 13.4. The third kappa shape index (κ3) is 4.06. The zero-order valence-electron chi connectivity index (χ0n) is 12.1. The van der Waals surface area contributed by atoms with Crippen molar-refractivity contribution in [2.75, 3.05) is 12.4 Å². The molecule has 1 amide bonds. The summed E-state index contributed by atoms with van der Waals surface area (Å²) in [5.41, 5.74) is 1.32. The van der Waals surface area contributed by atoms with Crippen LogP contribution >= 0.6 is 11.3 Å². The van der Waals surface area contributed by atoms with E-state index in [9.17, 15) is 9.90 Å². The summed E-state index contributed by atoms with van der Waals surface area (Å²) in [7, 11) is 1.55. The van der Waals surface area contributed by atoms with Crippen LogP contribution in [-0.2, 0) is 17.8 Å². The van der Waals surface area contributed by atoms with Gasteiger partial charge >= 0.3 is 0 Å². The second-order valence-corrected chi connectivity index (χ2v) is 5.89. The van der Waals surface area contributed by atoms with E-state index in [0.717, 1.165) is 6.42 Å². The van der Waals surface area contributed by atoms with Gasteiger partial charge < -0.3 is 15.2 Å². The van der Waals surface area contributed by atoms with Crippen molar-refractivity contribution in [1.29, 1.82) is 0 Å². The van der Waals surface area contributed by atoms with Gasteiger partial charge in [0.2, 0.25) is 5.91 Å². The highest BCUT2D eigenvalue weighted by Crippen LogP contribution is 2.23. The molecule has 2 rings (SSSR count). The molecule has 21 heavy (non-hydrogen) atoms. The van der Waals surface area contributed by atoms with Crippen molar-refractivity contribution < 1.29 is 14.6 Å². The molecular weight excluding hydrogens is 286 g/mol. The smallest absolute Gasteiger partial charge is 0.227 e. The van der Waals surface area contributed by atoms with E-state index in [2.05, 4.69) is 5.32 Å². The monoisotopic (exact) mass is 305 g/mol. The molecule has 0 spiro atoms. The third-order valence-corrected chi connectivity index (χ3v) is 4.15. The van der Waals surface area contributed by atoms with Crippen LogP contribution in [0.5, 0.6) is 5.75 Å². The van der Waals surface area contributed by atoms with Crippen molar-refractivity contribution in [3.63, 3.8) is 0 Å². The number of aliphatic hydroxyl groups excluding tert-OH is 1. The van der Waals surface area contributed by atoms with Crippen LogP contribution in [0.3, 0.4) is 0 Å². The minimum atomic E-state index is -0.127. The predicted molar refractivity (Wildman–Crippen MR) is 84.7 cm³/mol. The van der Waals surface area contributed by atoms with E-state index in [1.807, 2.05) is 24.4 Å². The number of thiophene rings is 1. The Morgan fingerprint density at radius 1 is 1.43 bits per heavy atom. The van der Waals surface area contributed by atoms with Gasteiger partial charge in [-0.15, -0.1) is 11.3 Å². The summed E-state index contributed by atoms with van der Waals surface area (Å²) in [5.74, 6) is 0.475. The van der Waals surface area contributed by atoms with Crippen molar-refractivity contribution >= 4 is 22.9 Å². The van der Waals surface area contributed by atoms with Gasteiger partial charge in [-0.3, -0.25) is 4.79 Å². The van der Waals surface area contributed by atoms with Gasteiger partial charge in [0.05, 0.1) is 13.7 Å². The molecule has 0 saturated carbocycles. The van der Waals surface area contributed by atoms with E-state index < -0.39 is 0 Å². The van der Waals surface area contributed by atoms with Crippen LogP contribution in [0.4, 0.5) is 5.69 Å². The molecule has 0 aliphatic carbocycles. The molecule has 2 N–H and O–H groups in total. The summed E-state index contributed by atoms with van der Waals surface area (Å²) < 4.78 is 5.14. The maximum atomic E-state index is 12.2. The number of anilines is 1. The second kappa shape index (κ2) is 7.24. The Kier molecular flexibility index (Phi) is 5.36. The molecule has 4 nitrogen and oxygen atoms in total. The molecule has 5 heteroatoms. The highest BCUT2D eigenvalue weighted by molar-refractivity contribution is 7.09. The minimum Gasteiger partial charge on any atom is -0.496 e. The number of hydrogen-bond acceptors (Lipinski definition) is 4. The largest absolute Gasteiger partial charge is 0.496 e. The molecule has 0 aliphatic rings. The lowest BCUT2D eigenvalue weighted by Gasteiger charge is -2.13. The van der Waals surface area contributed by atoms with Gasteiger partial charge in [-0.2, -0.15) is 0 Å². The highest BCUT2D eigenvalue weighted by atomic mass is 32.1. The van der Waals surface area contributed by atoms with Gasteiger partial charge in [0.15, 0.2) is 0 Å². The summed E-state index contributed by atoms with van der Waals surface area (Å²) in [6, 6.07) is 9.26. The Balaban J connectivity index is 2.01. The predicted octanol–water partition coefficient (Wildman–Crippen LogP) is 3.07. The molecule has 1 aromatic heterocycles. The van der Waals surface area contributed by atoms with Gasteiger partial charge in [-0.05, 0) is 36.1 Å². The van der Waals surface area contributed by atoms with Gasteiger partial charge in [-0.1, -0.05) is 13.0 Å². The van der Waals surface area contributed by atoms with Crippen LogP contribution in [0.1, 0.15) is 17.4 Å². The Labute approximate surface area is 128 Å².